The Morgan fingerprint density at radius 2 is 1.74 bits per heavy atom. The highest BCUT2D eigenvalue weighted by atomic mass is 19.1. The van der Waals surface area contributed by atoms with E-state index in [0.29, 0.717) is 19.6 Å². The van der Waals surface area contributed by atoms with Crippen LogP contribution in [0.3, 0.4) is 0 Å². The maximum Gasteiger partial charge on any atom is 0.256 e. The van der Waals surface area contributed by atoms with E-state index in [4.69, 9.17) is 15.1 Å². The van der Waals surface area contributed by atoms with Gasteiger partial charge >= 0.3 is 0 Å². The van der Waals surface area contributed by atoms with Gasteiger partial charge < -0.3 is 9.80 Å². The predicted octanol–water partition coefficient (Wildman–Crippen LogP) is 4.57. The minimum Gasteiger partial charge on any atom is -0.354 e. The Labute approximate surface area is 204 Å². The topological polar surface area (TPSA) is 67.2 Å². The van der Waals surface area contributed by atoms with E-state index >= 15 is 0 Å². The molecule has 180 valence electrons. The highest BCUT2D eigenvalue weighted by Gasteiger charge is 2.26. The summed E-state index contributed by atoms with van der Waals surface area (Å²) in [5.41, 5.74) is 2.74. The zero-order valence-electron chi connectivity index (χ0n) is 20.1. The second-order valence-electron chi connectivity index (χ2n) is 8.86. The molecule has 1 saturated heterocycles. The fourth-order valence-corrected chi connectivity index (χ4v) is 4.66. The summed E-state index contributed by atoms with van der Waals surface area (Å²) in [5.74, 6) is 0.899. The molecular formula is C27H29FN6O. The van der Waals surface area contributed by atoms with Gasteiger partial charge in [-0.2, -0.15) is 5.10 Å². The summed E-state index contributed by atoms with van der Waals surface area (Å²) >= 11 is 0. The van der Waals surface area contributed by atoms with Crippen LogP contribution < -0.4 is 4.90 Å². The van der Waals surface area contributed by atoms with Gasteiger partial charge in [0.05, 0.1) is 22.3 Å². The highest BCUT2D eigenvalue weighted by molar-refractivity contribution is 5.95. The van der Waals surface area contributed by atoms with Gasteiger partial charge in [-0.1, -0.05) is 37.3 Å². The Kier molecular flexibility index (Phi) is 6.44. The zero-order valence-corrected chi connectivity index (χ0v) is 20.1. The quantitative estimate of drug-likeness (QED) is 0.426. The van der Waals surface area contributed by atoms with Crippen LogP contribution in [0.2, 0.25) is 0 Å². The number of carbonyl (C=O) groups is 1. The Morgan fingerprint density at radius 3 is 2.51 bits per heavy atom. The van der Waals surface area contributed by atoms with Gasteiger partial charge in [0.2, 0.25) is 0 Å². The molecule has 0 atom stereocenters. The normalized spacial score (nSPS) is 14.4. The van der Waals surface area contributed by atoms with Crippen LogP contribution in [0.4, 0.5) is 10.2 Å². The van der Waals surface area contributed by atoms with E-state index < -0.39 is 5.82 Å². The van der Waals surface area contributed by atoms with Crippen molar-refractivity contribution >= 4 is 22.8 Å². The van der Waals surface area contributed by atoms with Gasteiger partial charge in [-0.15, -0.1) is 0 Å². The van der Waals surface area contributed by atoms with Crippen molar-refractivity contribution < 1.29 is 9.18 Å². The second-order valence-corrected chi connectivity index (χ2v) is 8.86. The minimum absolute atomic E-state index is 0.121. The third-order valence-corrected chi connectivity index (χ3v) is 6.39. The molecule has 0 saturated carbocycles. The Morgan fingerprint density at radius 1 is 0.971 bits per heavy atom. The van der Waals surface area contributed by atoms with Crippen LogP contribution in [0.15, 0.2) is 54.6 Å². The molecule has 0 aliphatic carbocycles. The maximum atomic E-state index is 14.2. The number of aryl methyl sites for hydroxylation is 2. The number of carbonyl (C=O) groups excluding carboxylic acids is 1. The number of hydrogen-bond donors (Lipinski definition) is 0. The third kappa shape index (κ3) is 4.48. The fourth-order valence-electron chi connectivity index (χ4n) is 4.66. The average molecular weight is 473 g/mol. The van der Waals surface area contributed by atoms with Crippen LogP contribution >= 0.6 is 0 Å². The molecule has 0 radical (unpaired) electrons. The number of benzene rings is 2. The monoisotopic (exact) mass is 472 g/mol. The number of halogens is 1. The fraction of sp³-hybridized carbons (Fsp3) is 0.333. The summed E-state index contributed by atoms with van der Waals surface area (Å²) in [4.78, 5) is 26.8. The first kappa shape index (κ1) is 23.0. The van der Waals surface area contributed by atoms with Gasteiger partial charge in [0.15, 0.2) is 5.65 Å². The van der Waals surface area contributed by atoms with Crippen molar-refractivity contribution in [2.75, 3.05) is 31.1 Å². The molecular weight excluding hydrogens is 443 g/mol. The van der Waals surface area contributed by atoms with Crippen molar-refractivity contribution in [2.24, 2.45) is 0 Å². The summed E-state index contributed by atoms with van der Waals surface area (Å²) in [6.07, 6.45) is 2.47. The molecule has 0 N–H and O–H groups in total. The Hall–Kier alpha value is -3.81. The first-order valence-corrected chi connectivity index (χ1v) is 12.2. The summed E-state index contributed by atoms with van der Waals surface area (Å²) in [6.45, 7) is 6.52. The van der Waals surface area contributed by atoms with Crippen LogP contribution in [0.5, 0.6) is 0 Å². The van der Waals surface area contributed by atoms with E-state index in [1.807, 2.05) is 41.9 Å². The van der Waals surface area contributed by atoms with E-state index in [0.717, 1.165) is 59.9 Å². The van der Waals surface area contributed by atoms with Crippen molar-refractivity contribution in [3.63, 3.8) is 0 Å². The smallest absolute Gasteiger partial charge is 0.256 e. The second kappa shape index (κ2) is 9.82. The molecule has 1 aliphatic heterocycles. The molecule has 1 amide bonds. The number of amides is 1. The number of rotatable bonds is 5. The SMILES string of the molecule is CCCc1nc(N2CCCN(C(=O)c3ccccc3F)CC2)c2c(C)nn(-c3ccccc3)c2n1. The van der Waals surface area contributed by atoms with Crippen molar-refractivity contribution in [3.05, 3.63) is 77.5 Å². The van der Waals surface area contributed by atoms with E-state index in [1.165, 1.54) is 6.07 Å². The molecule has 35 heavy (non-hydrogen) atoms. The first-order chi connectivity index (χ1) is 17.1. The number of anilines is 1. The molecule has 0 unspecified atom stereocenters. The van der Waals surface area contributed by atoms with Crippen LogP contribution in [-0.2, 0) is 6.42 Å². The van der Waals surface area contributed by atoms with Gasteiger partial charge in [-0.3, -0.25) is 4.79 Å². The maximum absolute atomic E-state index is 14.2. The van der Waals surface area contributed by atoms with Crippen molar-refractivity contribution in [1.82, 2.24) is 24.6 Å². The number of aromatic nitrogens is 4. The summed E-state index contributed by atoms with van der Waals surface area (Å²) in [6, 6.07) is 16.2. The van der Waals surface area contributed by atoms with Crippen molar-refractivity contribution in [2.45, 2.75) is 33.1 Å². The summed E-state index contributed by atoms with van der Waals surface area (Å²) < 4.78 is 16.1. The molecule has 2 aromatic heterocycles. The predicted molar refractivity (Wildman–Crippen MR) is 135 cm³/mol. The van der Waals surface area contributed by atoms with Crippen LogP contribution in [0.1, 0.15) is 41.6 Å². The lowest BCUT2D eigenvalue weighted by molar-refractivity contribution is 0.0762. The number of nitrogens with zero attached hydrogens (tertiary/aromatic N) is 6. The number of hydrogen-bond acceptors (Lipinski definition) is 5. The molecule has 8 heteroatoms. The molecule has 7 nitrogen and oxygen atoms in total. The largest absolute Gasteiger partial charge is 0.354 e. The lowest BCUT2D eigenvalue weighted by atomic mass is 10.2. The zero-order chi connectivity index (χ0) is 24.4. The molecule has 2 aromatic carbocycles. The minimum atomic E-state index is -0.482. The lowest BCUT2D eigenvalue weighted by Gasteiger charge is -2.24. The molecule has 0 spiro atoms. The van der Waals surface area contributed by atoms with Crippen LogP contribution in [0, 0.1) is 12.7 Å². The van der Waals surface area contributed by atoms with E-state index in [9.17, 15) is 9.18 Å². The van der Waals surface area contributed by atoms with E-state index in [2.05, 4.69) is 11.8 Å². The summed E-state index contributed by atoms with van der Waals surface area (Å²) in [7, 11) is 0. The Bertz CT molecular complexity index is 1350. The molecule has 5 rings (SSSR count). The lowest BCUT2D eigenvalue weighted by Crippen LogP contribution is -2.36. The van der Waals surface area contributed by atoms with Crippen molar-refractivity contribution in [3.8, 4) is 5.69 Å². The number of fused-ring (bicyclic) bond motifs is 1. The van der Waals surface area contributed by atoms with E-state index in [-0.39, 0.29) is 11.5 Å². The number of para-hydroxylation sites is 1. The van der Waals surface area contributed by atoms with Gasteiger partial charge in [-0.25, -0.2) is 19.0 Å². The van der Waals surface area contributed by atoms with Gasteiger partial charge in [0, 0.05) is 32.6 Å². The van der Waals surface area contributed by atoms with Gasteiger partial charge in [0.25, 0.3) is 5.91 Å². The Balaban J connectivity index is 1.50. The average Bonchev–Trinajstić information content (AvgIpc) is 3.04. The van der Waals surface area contributed by atoms with Crippen LogP contribution in [0.25, 0.3) is 16.7 Å². The molecule has 4 aromatic rings. The van der Waals surface area contributed by atoms with Gasteiger partial charge in [0.1, 0.15) is 17.5 Å². The van der Waals surface area contributed by atoms with Crippen LogP contribution in [-0.4, -0.2) is 56.7 Å². The first-order valence-electron chi connectivity index (χ1n) is 12.2. The standard InChI is InChI=1S/C27H29FN6O/c1-3-10-23-29-25(24-19(2)31-34(26(24)30-23)20-11-5-4-6-12-20)32-15-9-16-33(18-17-32)27(35)21-13-7-8-14-22(21)28/h4-8,11-14H,3,9-10,15-18H2,1-2H3. The molecule has 0 bridgehead atoms. The molecule has 3 heterocycles. The third-order valence-electron chi connectivity index (χ3n) is 6.39. The van der Waals surface area contributed by atoms with Gasteiger partial charge in [-0.05, 0) is 44.0 Å². The summed E-state index contributed by atoms with van der Waals surface area (Å²) in [5, 5.41) is 5.75. The van der Waals surface area contributed by atoms with Crippen molar-refractivity contribution in [1.29, 1.82) is 0 Å². The highest BCUT2D eigenvalue weighted by Crippen LogP contribution is 2.30. The molecule has 1 fully saturated rings. The van der Waals surface area contributed by atoms with E-state index in [1.54, 1.807) is 23.1 Å². The molecule has 1 aliphatic rings.